The van der Waals surface area contributed by atoms with E-state index in [1.54, 1.807) is 6.08 Å². The van der Waals surface area contributed by atoms with Gasteiger partial charge in [0.1, 0.15) is 0 Å². The number of amides is 1. The van der Waals surface area contributed by atoms with Crippen LogP contribution in [0.25, 0.3) is 10.8 Å². The molecule has 0 radical (unpaired) electrons. The minimum atomic E-state index is -0.00506. The highest BCUT2D eigenvalue weighted by Gasteiger charge is 1.99. The molecule has 0 saturated heterocycles. The maximum absolute atomic E-state index is 11.7. The third-order valence-corrected chi connectivity index (χ3v) is 4.92. The summed E-state index contributed by atoms with van der Waals surface area (Å²) in [6.45, 7) is 8.37. The molecule has 3 nitrogen and oxygen atoms in total. The molecule has 2 aromatic rings. The van der Waals surface area contributed by atoms with Gasteiger partial charge in [0, 0.05) is 19.2 Å². The summed E-state index contributed by atoms with van der Waals surface area (Å²) in [7, 11) is 0. The van der Waals surface area contributed by atoms with Crippen LogP contribution in [0.2, 0.25) is 0 Å². The lowest BCUT2D eigenvalue weighted by Crippen LogP contribution is -2.25. The predicted octanol–water partition coefficient (Wildman–Crippen LogP) is 6.58. The summed E-state index contributed by atoms with van der Waals surface area (Å²) in [4.78, 5) is 11.7. The summed E-state index contributed by atoms with van der Waals surface area (Å²) in [5, 5.41) is 5.45. The molecule has 2 aromatic carbocycles. The Balaban J connectivity index is 1.50. The summed E-state index contributed by atoms with van der Waals surface area (Å²) in [5.41, 5.74) is 2.23. The molecule has 0 heterocycles. The Labute approximate surface area is 182 Å². The fourth-order valence-electron chi connectivity index (χ4n) is 3.22. The van der Waals surface area contributed by atoms with Gasteiger partial charge in [-0.2, -0.15) is 0 Å². The van der Waals surface area contributed by atoms with E-state index in [2.05, 4.69) is 67.7 Å². The normalized spacial score (nSPS) is 12.2. The molecule has 0 unspecified atom stereocenters. The molecule has 0 aliphatic rings. The molecule has 1 amide bonds. The number of ether oxygens (including phenoxy) is 1. The summed E-state index contributed by atoms with van der Waals surface area (Å²) >= 11 is 0. The lowest BCUT2D eigenvalue weighted by Gasteiger charge is -2.06. The first-order chi connectivity index (χ1) is 14.5. The molecule has 0 aliphatic carbocycles. The Hall–Kier alpha value is -2.39. The number of hydrogen-bond donors (Lipinski definition) is 1. The van der Waals surface area contributed by atoms with E-state index >= 15 is 0 Å². The molecule has 0 aromatic heterocycles. The van der Waals surface area contributed by atoms with Crippen molar-refractivity contribution in [2.45, 2.75) is 59.5 Å². The second kappa shape index (κ2) is 13.8. The first-order valence-corrected chi connectivity index (χ1v) is 11.2. The summed E-state index contributed by atoms with van der Waals surface area (Å²) < 4.78 is 5.84. The molecule has 0 spiro atoms. The van der Waals surface area contributed by atoms with E-state index in [1.165, 1.54) is 35.6 Å². The topological polar surface area (TPSA) is 38.3 Å². The zero-order valence-corrected chi connectivity index (χ0v) is 18.8. The number of allylic oxidation sites excluding steroid dienone is 3. The minimum absolute atomic E-state index is 0.00506. The largest absolute Gasteiger partial charge is 0.377 e. The van der Waals surface area contributed by atoms with E-state index in [9.17, 15) is 4.79 Å². The molecular weight excluding hydrogens is 370 g/mol. The number of carbonyl (C=O) groups excluding carboxylic acids is 1. The number of benzene rings is 2. The van der Waals surface area contributed by atoms with Gasteiger partial charge in [0.25, 0.3) is 0 Å². The lowest BCUT2D eigenvalue weighted by atomic mass is 10.1. The number of unbranched alkanes of at least 4 members (excludes halogenated alkanes) is 4. The standard InChI is InChI=1S/C27H37NO2/c1-22(2)20-28-27(29)18-23(3)12-8-6-4-5-7-11-17-30-21-24-15-16-25-13-9-10-14-26(25)19-24/h8-10,12-16,18-19,22H,4-7,11,17,20-21H2,1-3H3,(H,28,29). The van der Waals surface area contributed by atoms with Crippen LogP contribution < -0.4 is 5.32 Å². The van der Waals surface area contributed by atoms with Gasteiger partial charge in [-0.05, 0) is 60.1 Å². The van der Waals surface area contributed by atoms with Gasteiger partial charge in [-0.15, -0.1) is 0 Å². The summed E-state index contributed by atoms with van der Waals surface area (Å²) in [5.74, 6) is 0.469. The molecule has 0 aliphatic heterocycles. The predicted molar refractivity (Wildman–Crippen MR) is 127 cm³/mol. The Morgan fingerprint density at radius 3 is 2.60 bits per heavy atom. The van der Waals surface area contributed by atoms with E-state index in [0.29, 0.717) is 12.5 Å². The molecule has 162 valence electrons. The first-order valence-electron chi connectivity index (χ1n) is 11.2. The second-order valence-corrected chi connectivity index (χ2v) is 8.37. The summed E-state index contributed by atoms with van der Waals surface area (Å²) in [6, 6.07) is 15.0. The van der Waals surface area contributed by atoms with Gasteiger partial charge in [-0.3, -0.25) is 4.79 Å². The average molecular weight is 408 g/mol. The highest BCUT2D eigenvalue weighted by atomic mass is 16.5. The van der Waals surface area contributed by atoms with Gasteiger partial charge in [0.05, 0.1) is 6.61 Å². The number of nitrogens with one attached hydrogen (secondary N) is 1. The molecule has 0 bridgehead atoms. The van der Waals surface area contributed by atoms with Crippen LogP contribution in [-0.2, 0) is 16.1 Å². The van der Waals surface area contributed by atoms with Crippen LogP contribution in [0.15, 0.2) is 66.3 Å². The van der Waals surface area contributed by atoms with Crippen LogP contribution >= 0.6 is 0 Å². The third kappa shape index (κ3) is 9.89. The minimum Gasteiger partial charge on any atom is -0.377 e. The van der Waals surface area contributed by atoms with E-state index in [0.717, 1.165) is 31.6 Å². The Morgan fingerprint density at radius 1 is 1.03 bits per heavy atom. The van der Waals surface area contributed by atoms with Crippen molar-refractivity contribution in [2.24, 2.45) is 5.92 Å². The van der Waals surface area contributed by atoms with Crippen molar-refractivity contribution in [3.05, 3.63) is 71.8 Å². The lowest BCUT2D eigenvalue weighted by molar-refractivity contribution is -0.116. The maximum Gasteiger partial charge on any atom is 0.244 e. The number of hydrogen-bond acceptors (Lipinski definition) is 2. The highest BCUT2D eigenvalue weighted by molar-refractivity contribution is 5.88. The van der Waals surface area contributed by atoms with Gasteiger partial charge in [0.2, 0.25) is 5.91 Å². The van der Waals surface area contributed by atoms with Crippen molar-refractivity contribution < 1.29 is 9.53 Å². The molecule has 2 rings (SSSR count). The SMILES string of the molecule is CC(C=CCCCCCCOCc1ccc2ccccc2c1)=CC(=O)NCC(C)C. The maximum atomic E-state index is 11.7. The molecule has 0 saturated carbocycles. The van der Waals surface area contributed by atoms with E-state index in [-0.39, 0.29) is 5.91 Å². The van der Waals surface area contributed by atoms with E-state index in [4.69, 9.17) is 4.74 Å². The molecule has 1 N–H and O–H groups in total. The van der Waals surface area contributed by atoms with Crippen molar-refractivity contribution in [1.29, 1.82) is 0 Å². The van der Waals surface area contributed by atoms with Crippen molar-refractivity contribution in [1.82, 2.24) is 5.32 Å². The van der Waals surface area contributed by atoms with E-state index < -0.39 is 0 Å². The van der Waals surface area contributed by atoms with Crippen LogP contribution in [-0.4, -0.2) is 19.1 Å². The Kier molecular flexibility index (Phi) is 11.0. The number of rotatable bonds is 13. The number of carbonyl (C=O) groups is 1. The quantitative estimate of drug-likeness (QED) is 0.231. The van der Waals surface area contributed by atoms with Crippen LogP contribution in [0.3, 0.4) is 0 Å². The van der Waals surface area contributed by atoms with Crippen molar-refractivity contribution >= 4 is 16.7 Å². The van der Waals surface area contributed by atoms with E-state index in [1.807, 2.05) is 13.0 Å². The van der Waals surface area contributed by atoms with Crippen molar-refractivity contribution in [3.63, 3.8) is 0 Å². The third-order valence-electron chi connectivity index (χ3n) is 4.92. The van der Waals surface area contributed by atoms with Gasteiger partial charge >= 0.3 is 0 Å². The Morgan fingerprint density at radius 2 is 1.80 bits per heavy atom. The molecular formula is C27H37NO2. The highest BCUT2D eigenvalue weighted by Crippen LogP contribution is 2.16. The molecule has 0 atom stereocenters. The fraction of sp³-hybridized carbons (Fsp3) is 0.444. The van der Waals surface area contributed by atoms with Gasteiger partial charge < -0.3 is 10.1 Å². The summed E-state index contributed by atoms with van der Waals surface area (Å²) in [6.07, 6.45) is 11.6. The van der Waals surface area contributed by atoms with Crippen molar-refractivity contribution in [2.75, 3.05) is 13.2 Å². The zero-order chi connectivity index (χ0) is 21.6. The average Bonchev–Trinajstić information content (AvgIpc) is 2.73. The smallest absolute Gasteiger partial charge is 0.244 e. The number of fused-ring (bicyclic) bond motifs is 1. The van der Waals surface area contributed by atoms with Gasteiger partial charge in [-0.25, -0.2) is 0 Å². The molecule has 3 heteroatoms. The molecule has 0 fully saturated rings. The van der Waals surface area contributed by atoms with Gasteiger partial charge in [0.15, 0.2) is 0 Å². The van der Waals surface area contributed by atoms with Crippen molar-refractivity contribution in [3.8, 4) is 0 Å². The molecule has 30 heavy (non-hydrogen) atoms. The van der Waals surface area contributed by atoms with Crippen LogP contribution in [0.4, 0.5) is 0 Å². The fourth-order valence-corrected chi connectivity index (χ4v) is 3.22. The van der Waals surface area contributed by atoms with Crippen LogP contribution in [0, 0.1) is 5.92 Å². The second-order valence-electron chi connectivity index (χ2n) is 8.37. The van der Waals surface area contributed by atoms with Crippen LogP contribution in [0.5, 0.6) is 0 Å². The zero-order valence-electron chi connectivity index (χ0n) is 18.8. The Bertz CT molecular complexity index is 836. The van der Waals surface area contributed by atoms with Gasteiger partial charge in [-0.1, -0.05) is 75.2 Å². The van der Waals surface area contributed by atoms with Crippen LogP contribution in [0.1, 0.15) is 58.4 Å². The monoisotopic (exact) mass is 407 g/mol. The first kappa shape index (κ1) is 23.9.